The lowest BCUT2D eigenvalue weighted by atomic mass is 9.87. The van der Waals surface area contributed by atoms with Crippen molar-refractivity contribution in [3.05, 3.63) is 41.6 Å². The van der Waals surface area contributed by atoms with E-state index in [4.69, 9.17) is 19.2 Å². The molecule has 2 aliphatic carbocycles. The fourth-order valence-corrected chi connectivity index (χ4v) is 10.5. The second kappa shape index (κ2) is 13.6. The zero-order chi connectivity index (χ0) is 39.8. The number of ether oxygens (including phenoxy) is 3. The van der Waals surface area contributed by atoms with Crippen molar-refractivity contribution in [2.75, 3.05) is 26.9 Å². The van der Waals surface area contributed by atoms with Gasteiger partial charge >= 0.3 is 6.09 Å². The Bertz CT molecular complexity index is 2130. The van der Waals surface area contributed by atoms with Gasteiger partial charge in [-0.1, -0.05) is 25.0 Å². The van der Waals surface area contributed by atoms with Crippen LogP contribution in [0.2, 0.25) is 0 Å². The van der Waals surface area contributed by atoms with E-state index < -0.39 is 73.3 Å². The maximum Gasteiger partial charge on any atom is 0.408 e. The number of allylic oxidation sites excluding steroid dienone is 1. The number of fused-ring (bicyclic) bond motifs is 5. The Kier molecular flexibility index (Phi) is 9.33. The van der Waals surface area contributed by atoms with Crippen LogP contribution >= 0.6 is 0 Å². The van der Waals surface area contributed by atoms with Crippen LogP contribution in [0.3, 0.4) is 0 Å². The first-order valence-electron chi connectivity index (χ1n) is 19.7. The molecule has 4 fully saturated rings. The number of carbonyl (C=O) groups excluding carboxylic acids is 3. The van der Waals surface area contributed by atoms with Gasteiger partial charge in [0, 0.05) is 23.3 Å². The minimum atomic E-state index is -4.01. The van der Waals surface area contributed by atoms with Crippen molar-refractivity contribution >= 4 is 44.7 Å². The second-order valence-corrected chi connectivity index (χ2v) is 19.4. The summed E-state index contributed by atoms with van der Waals surface area (Å²) in [5.41, 5.74) is -1.14. The summed E-state index contributed by atoms with van der Waals surface area (Å²) in [6.45, 7) is 5.46. The fourth-order valence-electron chi connectivity index (χ4n) is 9.16. The van der Waals surface area contributed by atoms with Crippen LogP contribution in [0.15, 0.2) is 30.4 Å². The molecular weight excluding hydrogens is 743 g/mol. The molecule has 2 saturated carbocycles. The number of amides is 4. The summed E-state index contributed by atoms with van der Waals surface area (Å²) in [5, 5.41) is 14.4. The Labute approximate surface area is 326 Å². The highest BCUT2D eigenvalue weighted by atomic mass is 32.2. The van der Waals surface area contributed by atoms with Crippen LogP contribution in [0, 0.1) is 12.8 Å². The number of aryl methyl sites for hydroxylation is 2. The van der Waals surface area contributed by atoms with Crippen molar-refractivity contribution in [2.45, 2.75) is 125 Å². The zero-order valence-electron chi connectivity index (χ0n) is 32.4. The smallest absolute Gasteiger partial charge is 0.408 e. The van der Waals surface area contributed by atoms with Gasteiger partial charge in [-0.3, -0.25) is 24.0 Å². The molecule has 5 atom stereocenters. The average Bonchev–Trinajstić information content (AvgIpc) is 4.04. The molecule has 1 aromatic heterocycles. The molecule has 6 aliphatic rings. The highest BCUT2D eigenvalue weighted by Crippen LogP contribution is 2.49. The minimum Gasteiger partial charge on any atom is -0.497 e. The van der Waals surface area contributed by atoms with E-state index in [2.05, 4.69) is 10.0 Å². The van der Waals surface area contributed by atoms with Crippen molar-refractivity contribution in [3.63, 3.8) is 0 Å². The Morgan fingerprint density at radius 2 is 1.88 bits per heavy atom. The molecular formula is C40H51N5O10S. The number of hydrogen-bond acceptors (Lipinski definition) is 10. The third-order valence-electron chi connectivity index (χ3n) is 13.1. The van der Waals surface area contributed by atoms with Crippen LogP contribution in [0.5, 0.6) is 11.5 Å². The number of nitrogens with zero attached hydrogens (tertiary/aromatic N) is 3. The van der Waals surface area contributed by atoms with Crippen LogP contribution in [0.25, 0.3) is 10.9 Å². The quantitative estimate of drug-likeness (QED) is 0.361. The zero-order valence-corrected chi connectivity index (χ0v) is 33.2. The lowest BCUT2D eigenvalue weighted by Gasteiger charge is -2.49. The number of rotatable bonds is 6. The molecule has 0 unspecified atom stereocenters. The van der Waals surface area contributed by atoms with Crippen molar-refractivity contribution in [3.8, 4) is 11.5 Å². The number of pyridine rings is 1. The third kappa shape index (κ3) is 6.45. The molecule has 4 amide bonds. The third-order valence-corrected chi connectivity index (χ3v) is 15.2. The molecule has 0 bridgehead atoms. The van der Waals surface area contributed by atoms with E-state index in [1.807, 2.05) is 37.3 Å². The van der Waals surface area contributed by atoms with E-state index >= 15 is 4.79 Å². The number of benzene rings is 1. The summed E-state index contributed by atoms with van der Waals surface area (Å²) < 4.78 is 45.6. The molecule has 5 heterocycles. The van der Waals surface area contributed by atoms with E-state index in [0.717, 1.165) is 29.3 Å². The van der Waals surface area contributed by atoms with Gasteiger partial charge in [-0.15, -0.1) is 0 Å². The summed E-state index contributed by atoms with van der Waals surface area (Å²) in [5.74, 6) is -1.17. The fraction of sp³-hybridized carbons (Fsp3) is 0.625. The summed E-state index contributed by atoms with van der Waals surface area (Å²) in [4.78, 5) is 64.3. The summed E-state index contributed by atoms with van der Waals surface area (Å²) in [6.07, 6.45) is 7.62. The summed E-state index contributed by atoms with van der Waals surface area (Å²) in [7, 11) is -2.42. The van der Waals surface area contributed by atoms with Crippen molar-refractivity contribution in [1.82, 2.24) is 24.8 Å². The van der Waals surface area contributed by atoms with Gasteiger partial charge < -0.3 is 29.5 Å². The molecule has 302 valence electrons. The minimum absolute atomic E-state index is 0.00855. The van der Waals surface area contributed by atoms with E-state index in [-0.39, 0.29) is 39.0 Å². The maximum absolute atomic E-state index is 15.1. The molecule has 1 spiro atoms. The number of nitrogens with one attached hydrogen (secondary N) is 2. The monoisotopic (exact) mass is 793 g/mol. The number of hydrogen-bond donors (Lipinski definition) is 3. The van der Waals surface area contributed by atoms with E-state index in [0.29, 0.717) is 55.7 Å². The van der Waals surface area contributed by atoms with Gasteiger partial charge in [0.1, 0.15) is 34.7 Å². The van der Waals surface area contributed by atoms with Crippen LogP contribution in [-0.2, 0) is 35.6 Å². The molecule has 1 aromatic carbocycles. The first-order valence-corrected chi connectivity index (χ1v) is 21.1. The Hall–Kier alpha value is -4.44. The second-order valence-electron chi connectivity index (χ2n) is 17.2. The van der Waals surface area contributed by atoms with Gasteiger partial charge in [0.15, 0.2) is 0 Å². The molecule has 8 rings (SSSR count). The molecule has 16 heteroatoms. The Morgan fingerprint density at radius 1 is 1.11 bits per heavy atom. The van der Waals surface area contributed by atoms with Crippen LogP contribution < -0.4 is 19.5 Å². The number of sulfonamides is 1. The summed E-state index contributed by atoms with van der Waals surface area (Å²) >= 11 is 0. The molecule has 56 heavy (non-hydrogen) atoms. The predicted octanol–water partition coefficient (Wildman–Crippen LogP) is 3.75. The van der Waals surface area contributed by atoms with E-state index in [9.17, 15) is 27.9 Å². The van der Waals surface area contributed by atoms with Gasteiger partial charge in [-0.2, -0.15) is 0 Å². The van der Waals surface area contributed by atoms with E-state index in [1.54, 1.807) is 21.0 Å². The Balaban J connectivity index is 1.17. The van der Waals surface area contributed by atoms with Crippen molar-refractivity contribution < 1.29 is 46.9 Å². The standard InChI is InChI=1S/C40H51N5O10S/c1-24-32-27(28-18-26(53-4)12-13-29(28)41-24)14-15-39(55-32)20-31-33(46)42-40(35(48)43-56(51,52)38(3)16-17-38)19-25(40)10-8-6-5-7-9-11-30(34(47)44(31)21-39)45(36(49)50)37(2)22-54-23-37/h8,10,12-13,18,25,30-31H,5-7,9,11,14-17,19-23H2,1-4H3,(H,42,46)(H,43,48)(H,49,50)/b10-8-/t25-,30+,31+,39-,40-/m1/s1. The maximum atomic E-state index is 15.1. The Morgan fingerprint density at radius 3 is 2.55 bits per heavy atom. The highest BCUT2D eigenvalue weighted by Gasteiger charge is 2.64. The van der Waals surface area contributed by atoms with Crippen LogP contribution in [0.4, 0.5) is 4.79 Å². The predicted molar refractivity (Wildman–Crippen MR) is 204 cm³/mol. The first-order chi connectivity index (χ1) is 26.5. The first kappa shape index (κ1) is 38.4. The number of methoxy groups -OCH3 is 1. The lowest BCUT2D eigenvalue weighted by molar-refractivity contribution is -0.158. The number of aromatic nitrogens is 1. The lowest BCUT2D eigenvalue weighted by Crippen LogP contribution is -2.68. The molecule has 0 radical (unpaired) electrons. The number of carboxylic acid groups (broad SMARTS) is 1. The van der Waals surface area contributed by atoms with Crippen LogP contribution in [0.1, 0.15) is 89.3 Å². The van der Waals surface area contributed by atoms with Crippen molar-refractivity contribution in [2.24, 2.45) is 5.92 Å². The SMILES string of the molecule is COc1ccc2nc(C)c3c(c2c1)CC[C@]1(C[C@H]2C(=O)N[C@]4(C(=O)NS(=O)(=O)C5(C)CC5)C[C@H]4/C=C\CCCCC[C@H](N(C(=O)O)C4(C)COC4)C(=O)N2C1)O3. The molecule has 15 nitrogen and oxygen atoms in total. The highest BCUT2D eigenvalue weighted by molar-refractivity contribution is 7.91. The average molecular weight is 794 g/mol. The van der Waals surface area contributed by atoms with Crippen LogP contribution in [-0.4, -0.2) is 113 Å². The molecule has 3 N–H and O–H groups in total. The van der Waals surface area contributed by atoms with E-state index in [1.165, 1.54) is 9.80 Å². The van der Waals surface area contributed by atoms with Crippen molar-refractivity contribution in [1.29, 1.82) is 0 Å². The number of carbonyl (C=O) groups is 4. The van der Waals surface area contributed by atoms with Gasteiger partial charge in [0.05, 0.1) is 48.4 Å². The normalized spacial score (nSPS) is 31.2. The van der Waals surface area contributed by atoms with Gasteiger partial charge in [0.2, 0.25) is 21.8 Å². The molecule has 2 saturated heterocycles. The molecule has 2 aromatic rings. The van der Waals surface area contributed by atoms with Gasteiger partial charge in [0.25, 0.3) is 5.91 Å². The topological polar surface area (TPSA) is 194 Å². The summed E-state index contributed by atoms with van der Waals surface area (Å²) in [6, 6.07) is 3.40. The van der Waals surface area contributed by atoms with Gasteiger partial charge in [-0.25, -0.2) is 18.2 Å². The largest absolute Gasteiger partial charge is 0.497 e. The van der Waals surface area contributed by atoms with Gasteiger partial charge in [-0.05, 0) is 90.3 Å². The molecule has 4 aliphatic heterocycles.